The lowest BCUT2D eigenvalue weighted by molar-refractivity contribution is 0.0376. The largest absolute Gasteiger partial charge is 0.444 e. The summed E-state index contributed by atoms with van der Waals surface area (Å²) in [7, 11) is 0. The average Bonchev–Trinajstić information content (AvgIpc) is 3.60. The minimum absolute atomic E-state index is 0.403. The van der Waals surface area contributed by atoms with Crippen LogP contribution in [0.4, 0.5) is 9.59 Å². The Morgan fingerprint density at radius 3 is 2.12 bits per heavy atom. The lowest BCUT2D eigenvalue weighted by atomic mass is 9.71. The Morgan fingerprint density at radius 1 is 0.800 bits per heavy atom. The van der Waals surface area contributed by atoms with Gasteiger partial charge in [0.15, 0.2) is 5.65 Å². The molecule has 0 unspecified atom stereocenters. The molecule has 0 saturated heterocycles. The summed E-state index contributed by atoms with van der Waals surface area (Å²) in [6.45, 7) is 13.0. The van der Waals surface area contributed by atoms with Gasteiger partial charge in [0.1, 0.15) is 11.2 Å². The van der Waals surface area contributed by atoms with E-state index in [1.165, 1.54) is 4.68 Å². The summed E-state index contributed by atoms with van der Waals surface area (Å²) < 4.78 is 14.3. The van der Waals surface area contributed by atoms with Crippen molar-refractivity contribution in [2.45, 2.75) is 84.5 Å². The molecular weight excluding hydrogens is 628 g/mol. The number of rotatable bonds is 5. The summed E-state index contributed by atoms with van der Waals surface area (Å²) >= 11 is 0. The number of hydrogen-bond donors (Lipinski definition) is 1. The molecule has 6 aromatic rings. The number of fused-ring (bicyclic) bond motifs is 3. The Bertz CT molecular complexity index is 2230. The van der Waals surface area contributed by atoms with Gasteiger partial charge in [-0.05, 0) is 97.1 Å². The molecule has 0 spiro atoms. The van der Waals surface area contributed by atoms with Crippen LogP contribution in [-0.4, -0.2) is 47.8 Å². The summed E-state index contributed by atoms with van der Waals surface area (Å²) in [6, 6.07) is 26.2. The third-order valence-corrected chi connectivity index (χ3v) is 8.83. The third kappa shape index (κ3) is 6.45. The van der Waals surface area contributed by atoms with E-state index < -0.39 is 28.9 Å². The molecule has 3 aromatic carbocycles. The predicted octanol–water partition coefficient (Wildman–Crippen LogP) is 9.08. The lowest BCUT2D eigenvalue weighted by Gasteiger charge is -2.43. The smallest absolute Gasteiger partial charge is 0.435 e. The molecule has 0 bridgehead atoms. The zero-order valence-electron chi connectivity index (χ0n) is 29.6. The Hall–Kier alpha value is -5.51. The fourth-order valence-corrected chi connectivity index (χ4v) is 6.46. The van der Waals surface area contributed by atoms with Gasteiger partial charge in [-0.15, -0.1) is 0 Å². The Kier molecular flexibility index (Phi) is 8.00. The number of benzene rings is 3. The second-order valence-corrected chi connectivity index (χ2v) is 15.1. The molecule has 256 valence electrons. The fraction of sp³-hybridized carbons (Fsp3) is 0.325. The average molecular weight is 671 g/mol. The number of nitrogens with zero attached hydrogens (tertiary/aromatic N) is 5. The van der Waals surface area contributed by atoms with E-state index in [2.05, 4.69) is 46.8 Å². The molecule has 1 fully saturated rings. The quantitative estimate of drug-likeness (QED) is 0.195. The zero-order chi connectivity index (χ0) is 35.4. The van der Waals surface area contributed by atoms with Gasteiger partial charge in [0.2, 0.25) is 0 Å². The van der Waals surface area contributed by atoms with Gasteiger partial charge >= 0.3 is 12.2 Å². The van der Waals surface area contributed by atoms with E-state index in [1.807, 2.05) is 102 Å². The zero-order valence-corrected chi connectivity index (χ0v) is 29.6. The third-order valence-electron chi connectivity index (χ3n) is 8.83. The van der Waals surface area contributed by atoms with Crippen molar-refractivity contribution in [1.29, 1.82) is 0 Å². The maximum absolute atomic E-state index is 13.0. The Balaban J connectivity index is 1.29. The number of carbonyl (C=O) groups is 2. The normalized spacial score (nSPS) is 14.4. The maximum Gasteiger partial charge on any atom is 0.435 e. The van der Waals surface area contributed by atoms with Crippen molar-refractivity contribution >= 4 is 28.7 Å². The number of nitrogens with one attached hydrogen (secondary N) is 1. The van der Waals surface area contributed by atoms with E-state index in [4.69, 9.17) is 19.6 Å². The van der Waals surface area contributed by atoms with Crippen LogP contribution in [-0.2, 0) is 15.0 Å². The van der Waals surface area contributed by atoms with Gasteiger partial charge in [-0.25, -0.2) is 19.1 Å². The second kappa shape index (κ2) is 12.1. The molecule has 10 heteroatoms. The summed E-state index contributed by atoms with van der Waals surface area (Å²) in [5.41, 5.74) is 6.65. The van der Waals surface area contributed by atoms with E-state index in [1.54, 1.807) is 0 Å². The van der Waals surface area contributed by atoms with Crippen LogP contribution in [0.5, 0.6) is 0 Å². The van der Waals surface area contributed by atoms with Gasteiger partial charge in [0.25, 0.3) is 0 Å². The Morgan fingerprint density at radius 2 is 1.48 bits per heavy atom. The first-order chi connectivity index (χ1) is 23.7. The fourth-order valence-electron chi connectivity index (χ4n) is 6.46. The van der Waals surface area contributed by atoms with Crippen LogP contribution in [0.25, 0.3) is 50.2 Å². The van der Waals surface area contributed by atoms with Gasteiger partial charge < -0.3 is 14.8 Å². The van der Waals surface area contributed by atoms with Gasteiger partial charge in [-0.3, -0.25) is 0 Å². The molecule has 3 aromatic heterocycles. The maximum atomic E-state index is 13.0. The molecule has 10 nitrogen and oxygen atoms in total. The highest BCUT2D eigenvalue weighted by atomic mass is 16.6. The number of ether oxygens (including phenoxy) is 2. The standard InChI is InChI=1S/C40H42N6O4/c1-25-22-33(46(43-25)37(48)50-39(5,6)7)28-16-19-30-32(23-28)44-45-24-31(26-12-9-8-10-13-26)34(41-35(30)45)27-14-17-29(18-15-27)40(20-11-21-40)42-36(47)49-38(2,3)4/h8-10,12-19,22-24H,11,20-21H2,1-7H3,(H,42,47). The summed E-state index contributed by atoms with van der Waals surface area (Å²) in [5, 5.41) is 13.4. The molecule has 1 saturated carbocycles. The minimum atomic E-state index is -0.657. The van der Waals surface area contributed by atoms with Crippen LogP contribution in [0.2, 0.25) is 0 Å². The number of hydrogen-bond acceptors (Lipinski definition) is 7. The molecule has 1 aliphatic carbocycles. The van der Waals surface area contributed by atoms with E-state index in [0.29, 0.717) is 17.0 Å². The molecule has 1 N–H and O–H groups in total. The van der Waals surface area contributed by atoms with Crippen molar-refractivity contribution in [3.63, 3.8) is 0 Å². The first kappa shape index (κ1) is 33.0. The van der Waals surface area contributed by atoms with Crippen molar-refractivity contribution in [3.8, 4) is 33.6 Å². The van der Waals surface area contributed by atoms with Gasteiger partial charge in [0, 0.05) is 28.3 Å². The lowest BCUT2D eigenvalue weighted by Crippen LogP contribution is -2.52. The summed E-state index contributed by atoms with van der Waals surface area (Å²) in [4.78, 5) is 31.0. The number of alkyl carbamates (subject to hydrolysis) is 1. The molecule has 7 rings (SSSR count). The number of amides is 1. The van der Waals surface area contributed by atoms with E-state index >= 15 is 0 Å². The van der Waals surface area contributed by atoms with Crippen molar-refractivity contribution in [2.75, 3.05) is 0 Å². The monoisotopic (exact) mass is 670 g/mol. The molecule has 3 heterocycles. The highest BCUT2D eigenvalue weighted by Crippen LogP contribution is 2.42. The Labute approximate surface area is 291 Å². The van der Waals surface area contributed by atoms with Crippen molar-refractivity contribution in [2.24, 2.45) is 0 Å². The summed E-state index contributed by atoms with van der Waals surface area (Å²) in [5.74, 6) is 0. The van der Waals surface area contributed by atoms with Crippen LogP contribution in [0.15, 0.2) is 85.1 Å². The molecule has 1 aliphatic rings. The minimum Gasteiger partial charge on any atom is -0.444 e. The topological polar surface area (TPSA) is 113 Å². The predicted molar refractivity (Wildman–Crippen MR) is 194 cm³/mol. The molecule has 50 heavy (non-hydrogen) atoms. The van der Waals surface area contributed by atoms with E-state index in [9.17, 15) is 9.59 Å². The van der Waals surface area contributed by atoms with Crippen LogP contribution >= 0.6 is 0 Å². The first-order valence-electron chi connectivity index (χ1n) is 17.0. The highest BCUT2D eigenvalue weighted by Gasteiger charge is 2.41. The SMILES string of the molecule is Cc1cc(-c2ccc3c(c2)nn2cc(-c4ccccc4)c(-c4ccc(C5(NC(=O)OC(C)(C)C)CCC5)cc4)nc32)n(C(=O)OC(C)(C)C)n1. The van der Waals surface area contributed by atoms with Gasteiger partial charge in [0.05, 0.1) is 28.1 Å². The second-order valence-electron chi connectivity index (χ2n) is 15.1. The number of aromatic nitrogens is 5. The van der Waals surface area contributed by atoms with Crippen LogP contribution < -0.4 is 5.32 Å². The van der Waals surface area contributed by atoms with Gasteiger partial charge in [-0.1, -0.05) is 60.7 Å². The van der Waals surface area contributed by atoms with Crippen LogP contribution in [0.1, 0.15) is 72.1 Å². The molecule has 0 aliphatic heterocycles. The molecule has 0 atom stereocenters. The summed E-state index contributed by atoms with van der Waals surface area (Å²) in [6.07, 6.45) is 3.82. The van der Waals surface area contributed by atoms with E-state index in [0.717, 1.165) is 63.7 Å². The van der Waals surface area contributed by atoms with Crippen molar-refractivity contribution < 1.29 is 19.1 Å². The van der Waals surface area contributed by atoms with Crippen molar-refractivity contribution in [3.05, 3.63) is 96.3 Å². The molecular formula is C40H42N6O4. The van der Waals surface area contributed by atoms with Gasteiger partial charge in [-0.2, -0.15) is 14.9 Å². The highest BCUT2D eigenvalue weighted by molar-refractivity contribution is 5.96. The first-order valence-corrected chi connectivity index (χ1v) is 17.0. The van der Waals surface area contributed by atoms with E-state index in [-0.39, 0.29) is 0 Å². The number of carbonyl (C=O) groups excluding carboxylic acids is 2. The molecule has 1 amide bonds. The number of aryl methyl sites for hydroxylation is 1. The molecule has 0 radical (unpaired) electrons. The van der Waals surface area contributed by atoms with Crippen molar-refractivity contribution in [1.82, 2.24) is 29.7 Å². The van der Waals surface area contributed by atoms with Crippen LogP contribution in [0.3, 0.4) is 0 Å². The van der Waals surface area contributed by atoms with Crippen LogP contribution in [0, 0.1) is 6.92 Å².